The molecule has 2 heterocycles. The molecule has 8 nitrogen and oxygen atoms in total. The van der Waals surface area contributed by atoms with Gasteiger partial charge in [0.1, 0.15) is 5.82 Å². The summed E-state index contributed by atoms with van der Waals surface area (Å²) < 4.78 is 5.69. The molecule has 0 bridgehead atoms. The van der Waals surface area contributed by atoms with Gasteiger partial charge in [0.05, 0.1) is 5.75 Å². The maximum Gasteiger partial charge on any atom is 0.277 e. The van der Waals surface area contributed by atoms with E-state index in [4.69, 9.17) is 10.2 Å². The summed E-state index contributed by atoms with van der Waals surface area (Å²) in [5.41, 5.74) is 8.70. The standard InChI is InChI=1S/C19H17N7OS/c1-12-7-5-6-10-14(12)21-18-23-15(22-17(20)24-18)11-28-19-26-25-16(27-19)13-8-3-2-4-9-13/h2-10H,11H2,1H3,(H3,20,21,22,23,24). The Labute approximate surface area is 165 Å². The van der Waals surface area contributed by atoms with E-state index in [0.717, 1.165) is 16.8 Å². The third kappa shape index (κ3) is 4.26. The zero-order valence-corrected chi connectivity index (χ0v) is 15.8. The molecule has 140 valence electrons. The number of nitrogens with two attached hydrogens (primary N) is 1. The Hall–Kier alpha value is -3.46. The Bertz CT molecular complexity index is 1080. The van der Waals surface area contributed by atoms with E-state index in [9.17, 15) is 0 Å². The van der Waals surface area contributed by atoms with Crippen LogP contribution in [-0.2, 0) is 5.75 Å². The molecule has 28 heavy (non-hydrogen) atoms. The number of hydrogen-bond donors (Lipinski definition) is 2. The topological polar surface area (TPSA) is 116 Å². The molecule has 0 aliphatic carbocycles. The number of benzene rings is 2. The lowest BCUT2D eigenvalue weighted by atomic mass is 10.2. The highest BCUT2D eigenvalue weighted by Crippen LogP contribution is 2.25. The van der Waals surface area contributed by atoms with Gasteiger partial charge in [-0.1, -0.05) is 48.2 Å². The molecule has 0 unspecified atom stereocenters. The quantitative estimate of drug-likeness (QED) is 0.473. The lowest BCUT2D eigenvalue weighted by Crippen LogP contribution is -2.07. The second-order valence-corrected chi connectivity index (χ2v) is 6.83. The molecular weight excluding hydrogens is 374 g/mol. The van der Waals surface area contributed by atoms with Gasteiger partial charge in [0.15, 0.2) is 0 Å². The lowest BCUT2D eigenvalue weighted by Gasteiger charge is -2.09. The van der Waals surface area contributed by atoms with E-state index in [1.54, 1.807) is 0 Å². The van der Waals surface area contributed by atoms with Crippen molar-refractivity contribution >= 4 is 29.3 Å². The van der Waals surface area contributed by atoms with Gasteiger partial charge >= 0.3 is 0 Å². The van der Waals surface area contributed by atoms with E-state index < -0.39 is 0 Å². The highest BCUT2D eigenvalue weighted by Gasteiger charge is 2.11. The largest absolute Gasteiger partial charge is 0.411 e. The normalized spacial score (nSPS) is 10.8. The maximum atomic E-state index is 5.84. The number of aromatic nitrogens is 5. The molecule has 0 saturated carbocycles. The average molecular weight is 391 g/mol. The zero-order valence-electron chi connectivity index (χ0n) is 15.0. The van der Waals surface area contributed by atoms with Crippen molar-refractivity contribution in [3.63, 3.8) is 0 Å². The van der Waals surface area contributed by atoms with Gasteiger partial charge in [-0.15, -0.1) is 10.2 Å². The molecule has 0 spiro atoms. The fourth-order valence-corrected chi connectivity index (χ4v) is 3.10. The van der Waals surface area contributed by atoms with Crippen molar-refractivity contribution in [2.45, 2.75) is 17.9 Å². The van der Waals surface area contributed by atoms with E-state index in [1.165, 1.54) is 11.8 Å². The van der Waals surface area contributed by atoms with Crippen molar-refractivity contribution in [1.29, 1.82) is 0 Å². The smallest absolute Gasteiger partial charge is 0.277 e. The third-order valence-corrected chi connectivity index (χ3v) is 4.66. The monoisotopic (exact) mass is 391 g/mol. The van der Waals surface area contributed by atoms with Gasteiger partial charge in [-0.25, -0.2) is 0 Å². The van der Waals surface area contributed by atoms with Gasteiger partial charge in [-0.2, -0.15) is 15.0 Å². The van der Waals surface area contributed by atoms with E-state index >= 15 is 0 Å². The van der Waals surface area contributed by atoms with Gasteiger partial charge < -0.3 is 15.5 Å². The van der Waals surface area contributed by atoms with Crippen LogP contribution in [0.2, 0.25) is 0 Å². The second kappa shape index (κ2) is 8.05. The van der Waals surface area contributed by atoms with Gasteiger partial charge in [-0.05, 0) is 30.7 Å². The summed E-state index contributed by atoms with van der Waals surface area (Å²) in [6.07, 6.45) is 0. The van der Waals surface area contributed by atoms with Crippen molar-refractivity contribution in [3.8, 4) is 11.5 Å². The zero-order chi connectivity index (χ0) is 19.3. The first-order chi connectivity index (χ1) is 13.7. The number of nitrogens with zero attached hydrogens (tertiary/aromatic N) is 5. The molecule has 0 atom stereocenters. The summed E-state index contributed by atoms with van der Waals surface area (Å²) in [7, 11) is 0. The fraction of sp³-hybridized carbons (Fsp3) is 0.105. The molecule has 2 aromatic carbocycles. The first-order valence-corrected chi connectivity index (χ1v) is 9.51. The van der Waals surface area contributed by atoms with Crippen LogP contribution in [-0.4, -0.2) is 25.1 Å². The van der Waals surface area contributed by atoms with E-state index in [-0.39, 0.29) is 5.95 Å². The number of hydrogen-bond acceptors (Lipinski definition) is 9. The summed E-state index contributed by atoms with van der Waals surface area (Å²) in [6, 6.07) is 17.5. The number of nitrogens with one attached hydrogen (secondary N) is 1. The SMILES string of the molecule is Cc1ccccc1Nc1nc(N)nc(CSc2nnc(-c3ccccc3)o2)n1. The molecule has 4 rings (SSSR count). The molecule has 3 N–H and O–H groups in total. The highest BCUT2D eigenvalue weighted by molar-refractivity contribution is 7.98. The molecule has 0 amide bonds. The molecule has 0 radical (unpaired) electrons. The van der Waals surface area contributed by atoms with Gasteiger partial charge in [0.25, 0.3) is 5.22 Å². The Morgan fingerprint density at radius 1 is 0.964 bits per heavy atom. The van der Waals surface area contributed by atoms with Crippen LogP contribution in [0.15, 0.2) is 64.2 Å². The highest BCUT2D eigenvalue weighted by atomic mass is 32.2. The minimum absolute atomic E-state index is 0.150. The Morgan fingerprint density at radius 3 is 2.57 bits per heavy atom. The number of thioether (sulfide) groups is 1. The van der Waals surface area contributed by atoms with Crippen LogP contribution < -0.4 is 11.1 Å². The first kappa shape index (κ1) is 17.9. The molecule has 0 saturated heterocycles. The van der Waals surface area contributed by atoms with E-state index in [2.05, 4.69) is 30.5 Å². The fourth-order valence-electron chi connectivity index (χ4n) is 2.48. The van der Waals surface area contributed by atoms with Crippen molar-refractivity contribution < 1.29 is 4.42 Å². The molecule has 0 fully saturated rings. The Morgan fingerprint density at radius 2 is 1.75 bits per heavy atom. The van der Waals surface area contributed by atoms with Gasteiger partial charge in [0, 0.05) is 11.3 Å². The molecule has 4 aromatic rings. The predicted octanol–water partition coefficient (Wildman–Crippen LogP) is 3.85. The lowest BCUT2D eigenvalue weighted by molar-refractivity contribution is 0.465. The van der Waals surface area contributed by atoms with Crippen LogP contribution in [0.4, 0.5) is 17.6 Å². The van der Waals surface area contributed by atoms with Crippen molar-refractivity contribution in [1.82, 2.24) is 25.1 Å². The summed E-state index contributed by atoms with van der Waals surface area (Å²) in [5, 5.41) is 11.7. The molecule has 0 aliphatic heterocycles. The maximum absolute atomic E-state index is 5.84. The van der Waals surface area contributed by atoms with Crippen LogP contribution >= 0.6 is 11.8 Å². The molecular formula is C19H17N7OS. The third-order valence-electron chi connectivity index (χ3n) is 3.84. The molecule has 0 aliphatic rings. The molecule has 9 heteroatoms. The number of para-hydroxylation sites is 1. The van der Waals surface area contributed by atoms with Crippen LogP contribution in [0.25, 0.3) is 11.5 Å². The number of nitrogen functional groups attached to an aromatic ring is 1. The van der Waals surface area contributed by atoms with Crippen molar-refractivity contribution in [2.75, 3.05) is 11.1 Å². The van der Waals surface area contributed by atoms with Crippen molar-refractivity contribution in [2.24, 2.45) is 0 Å². The van der Waals surface area contributed by atoms with Crippen LogP contribution in [0.3, 0.4) is 0 Å². The summed E-state index contributed by atoms with van der Waals surface area (Å²) in [4.78, 5) is 12.8. The van der Waals surface area contributed by atoms with E-state index in [1.807, 2.05) is 61.5 Å². The Kier molecular flexibility index (Phi) is 5.16. The minimum Gasteiger partial charge on any atom is -0.411 e. The van der Waals surface area contributed by atoms with Crippen LogP contribution in [0.1, 0.15) is 11.4 Å². The summed E-state index contributed by atoms with van der Waals surface area (Å²) >= 11 is 1.34. The predicted molar refractivity (Wildman–Crippen MR) is 108 cm³/mol. The number of aryl methyl sites for hydroxylation is 1. The minimum atomic E-state index is 0.150. The number of rotatable bonds is 6. The second-order valence-electron chi connectivity index (χ2n) is 5.90. The van der Waals surface area contributed by atoms with Gasteiger partial charge in [-0.3, -0.25) is 0 Å². The average Bonchev–Trinajstić information content (AvgIpc) is 3.18. The van der Waals surface area contributed by atoms with Gasteiger partial charge in [0.2, 0.25) is 17.8 Å². The van der Waals surface area contributed by atoms with E-state index in [0.29, 0.717) is 28.6 Å². The van der Waals surface area contributed by atoms with Crippen LogP contribution in [0, 0.1) is 6.92 Å². The first-order valence-electron chi connectivity index (χ1n) is 8.52. The van der Waals surface area contributed by atoms with Crippen LogP contribution in [0.5, 0.6) is 0 Å². The Balaban J connectivity index is 1.46. The van der Waals surface area contributed by atoms with Crippen molar-refractivity contribution in [3.05, 3.63) is 66.0 Å². The number of anilines is 3. The summed E-state index contributed by atoms with van der Waals surface area (Å²) in [6.45, 7) is 2.00. The molecule has 2 aromatic heterocycles. The summed E-state index contributed by atoms with van der Waals surface area (Å²) in [5.74, 6) is 1.96.